The van der Waals surface area contributed by atoms with Crippen LogP contribution in [0.15, 0.2) is 49.1 Å². The van der Waals surface area contributed by atoms with E-state index in [0.29, 0.717) is 13.1 Å². The third-order valence-corrected chi connectivity index (χ3v) is 4.96. The van der Waals surface area contributed by atoms with Crippen LogP contribution in [0.5, 0.6) is 0 Å². The van der Waals surface area contributed by atoms with Crippen LogP contribution in [0.3, 0.4) is 0 Å². The summed E-state index contributed by atoms with van der Waals surface area (Å²) in [5.41, 5.74) is 2.13. The van der Waals surface area contributed by atoms with Gasteiger partial charge in [0, 0.05) is 24.3 Å². The average Bonchev–Trinajstić information content (AvgIpc) is 3.31. The molecule has 0 unspecified atom stereocenters. The summed E-state index contributed by atoms with van der Waals surface area (Å²) in [5.74, 6) is -0.0889. The number of nitrogens with zero attached hydrogens (tertiary/aromatic N) is 3. The summed E-state index contributed by atoms with van der Waals surface area (Å²) >= 11 is 1.47. The Labute approximate surface area is 155 Å². The first-order valence-corrected chi connectivity index (χ1v) is 9.18. The number of amides is 1. The SMILES string of the molecule is Cc1ccc(C(=O)CCC(=O)NCc2ccc(Cn3cncn3)cc2)s1. The van der Waals surface area contributed by atoms with Crippen LogP contribution in [0, 0.1) is 6.92 Å². The Balaban J connectivity index is 1.42. The van der Waals surface area contributed by atoms with E-state index in [-0.39, 0.29) is 24.5 Å². The van der Waals surface area contributed by atoms with Gasteiger partial charge in [-0.15, -0.1) is 11.3 Å². The number of carbonyl (C=O) groups is 2. The van der Waals surface area contributed by atoms with E-state index in [0.717, 1.165) is 20.9 Å². The molecule has 1 N–H and O–H groups in total. The van der Waals surface area contributed by atoms with E-state index < -0.39 is 0 Å². The highest BCUT2D eigenvalue weighted by atomic mass is 32.1. The van der Waals surface area contributed by atoms with E-state index in [9.17, 15) is 9.59 Å². The molecule has 26 heavy (non-hydrogen) atoms. The van der Waals surface area contributed by atoms with E-state index >= 15 is 0 Å². The van der Waals surface area contributed by atoms with E-state index in [1.807, 2.05) is 43.3 Å². The minimum Gasteiger partial charge on any atom is -0.352 e. The molecule has 2 aromatic heterocycles. The van der Waals surface area contributed by atoms with E-state index in [4.69, 9.17) is 0 Å². The van der Waals surface area contributed by atoms with Gasteiger partial charge in [0.25, 0.3) is 0 Å². The highest BCUT2D eigenvalue weighted by Crippen LogP contribution is 2.17. The quantitative estimate of drug-likeness (QED) is 0.620. The summed E-state index contributed by atoms with van der Waals surface area (Å²) in [5, 5.41) is 6.93. The first-order valence-electron chi connectivity index (χ1n) is 8.37. The lowest BCUT2D eigenvalue weighted by Gasteiger charge is -2.06. The lowest BCUT2D eigenvalue weighted by atomic mass is 10.1. The van der Waals surface area contributed by atoms with E-state index in [1.165, 1.54) is 17.7 Å². The smallest absolute Gasteiger partial charge is 0.220 e. The summed E-state index contributed by atoms with van der Waals surface area (Å²) in [6, 6.07) is 11.7. The Morgan fingerprint density at radius 1 is 1.08 bits per heavy atom. The second-order valence-electron chi connectivity index (χ2n) is 6.02. The number of aromatic nitrogens is 3. The summed E-state index contributed by atoms with van der Waals surface area (Å²) in [7, 11) is 0. The van der Waals surface area contributed by atoms with Crippen molar-refractivity contribution in [3.05, 3.63) is 69.9 Å². The second-order valence-corrected chi connectivity index (χ2v) is 7.31. The van der Waals surface area contributed by atoms with Crippen molar-refractivity contribution in [1.82, 2.24) is 20.1 Å². The van der Waals surface area contributed by atoms with Crippen LogP contribution in [-0.4, -0.2) is 26.5 Å². The van der Waals surface area contributed by atoms with E-state index in [2.05, 4.69) is 15.4 Å². The second kappa shape index (κ2) is 8.53. The first kappa shape index (κ1) is 18.0. The zero-order chi connectivity index (χ0) is 18.4. The minimum atomic E-state index is -0.113. The van der Waals surface area contributed by atoms with Crippen molar-refractivity contribution in [1.29, 1.82) is 0 Å². The number of carbonyl (C=O) groups excluding carboxylic acids is 2. The summed E-state index contributed by atoms with van der Waals surface area (Å²) < 4.78 is 1.75. The fourth-order valence-corrected chi connectivity index (χ4v) is 3.32. The Bertz CT molecular complexity index is 869. The molecule has 1 aromatic carbocycles. The fraction of sp³-hybridized carbons (Fsp3) is 0.263. The summed E-state index contributed by atoms with van der Waals surface area (Å²) in [6.07, 6.45) is 3.63. The van der Waals surface area contributed by atoms with Gasteiger partial charge in [-0.1, -0.05) is 24.3 Å². The van der Waals surface area contributed by atoms with Crippen molar-refractivity contribution in [2.45, 2.75) is 32.9 Å². The Morgan fingerprint density at radius 2 is 1.85 bits per heavy atom. The number of hydrogen-bond acceptors (Lipinski definition) is 5. The molecule has 0 saturated carbocycles. The highest BCUT2D eigenvalue weighted by Gasteiger charge is 2.11. The molecule has 0 atom stereocenters. The van der Waals surface area contributed by atoms with E-state index in [1.54, 1.807) is 11.0 Å². The van der Waals surface area contributed by atoms with Crippen LogP contribution in [0.4, 0.5) is 0 Å². The van der Waals surface area contributed by atoms with Crippen LogP contribution >= 0.6 is 11.3 Å². The molecule has 0 aliphatic rings. The van der Waals surface area contributed by atoms with Crippen LogP contribution in [0.25, 0.3) is 0 Å². The normalized spacial score (nSPS) is 10.7. The van der Waals surface area contributed by atoms with Gasteiger partial charge in [0.1, 0.15) is 12.7 Å². The molecule has 0 radical (unpaired) electrons. The molecule has 7 heteroatoms. The molecule has 0 aliphatic carbocycles. The number of aryl methyl sites for hydroxylation is 1. The molecule has 0 fully saturated rings. The summed E-state index contributed by atoms with van der Waals surface area (Å²) in [6.45, 7) is 3.08. The number of ketones is 1. The molecule has 0 saturated heterocycles. The number of thiophene rings is 1. The monoisotopic (exact) mass is 368 g/mol. The van der Waals surface area contributed by atoms with Crippen molar-refractivity contribution in [2.75, 3.05) is 0 Å². The van der Waals surface area contributed by atoms with Crippen molar-refractivity contribution in [3.63, 3.8) is 0 Å². The number of rotatable bonds is 8. The predicted octanol–water partition coefficient (Wildman–Crippen LogP) is 2.98. The number of hydrogen-bond donors (Lipinski definition) is 1. The molecule has 3 rings (SSSR count). The Morgan fingerprint density at radius 3 is 2.50 bits per heavy atom. The van der Waals surface area contributed by atoms with Crippen molar-refractivity contribution in [2.24, 2.45) is 0 Å². The lowest BCUT2D eigenvalue weighted by Crippen LogP contribution is -2.23. The van der Waals surface area contributed by atoms with Gasteiger partial charge in [-0.05, 0) is 30.2 Å². The molecule has 134 valence electrons. The number of benzene rings is 1. The van der Waals surface area contributed by atoms with Crippen molar-refractivity contribution in [3.8, 4) is 0 Å². The minimum absolute atomic E-state index is 0.0238. The van der Waals surface area contributed by atoms with Gasteiger partial charge in [-0.2, -0.15) is 5.10 Å². The van der Waals surface area contributed by atoms with Gasteiger partial charge >= 0.3 is 0 Å². The molecular formula is C19H20N4O2S. The van der Waals surface area contributed by atoms with Crippen LogP contribution in [0.2, 0.25) is 0 Å². The maximum absolute atomic E-state index is 12.0. The Hall–Kier alpha value is -2.80. The third kappa shape index (κ3) is 5.10. The van der Waals surface area contributed by atoms with Gasteiger partial charge in [-0.25, -0.2) is 9.67 Å². The zero-order valence-electron chi connectivity index (χ0n) is 14.5. The van der Waals surface area contributed by atoms with Gasteiger partial charge in [0.15, 0.2) is 5.78 Å². The molecule has 0 aliphatic heterocycles. The topological polar surface area (TPSA) is 76.9 Å². The largest absolute Gasteiger partial charge is 0.352 e. The third-order valence-electron chi connectivity index (χ3n) is 3.92. The fourth-order valence-electron chi connectivity index (χ4n) is 2.49. The van der Waals surface area contributed by atoms with Gasteiger partial charge < -0.3 is 5.32 Å². The molecular weight excluding hydrogens is 348 g/mol. The molecule has 0 spiro atoms. The first-order chi connectivity index (χ1) is 12.6. The highest BCUT2D eigenvalue weighted by molar-refractivity contribution is 7.14. The van der Waals surface area contributed by atoms with Crippen LogP contribution in [-0.2, 0) is 17.9 Å². The Kier molecular flexibility index (Phi) is 5.91. The van der Waals surface area contributed by atoms with Crippen LogP contribution in [0.1, 0.15) is 38.5 Å². The molecule has 6 nitrogen and oxygen atoms in total. The molecule has 2 heterocycles. The summed E-state index contributed by atoms with van der Waals surface area (Å²) in [4.78, 5) is 29.7. The maximum Gasteiger partial charge on any atom is 0.220 e. The van der Waals surface area contributed by atoms with Gasteiger partial charge in [0.2, 0.25) is 5.91 Å². The lowest BCUT2D eigenvalue weighted by molar-refractivity contribution is -0.121. The van der Waals surface area contributed by atoms with Crippen LogP contribution < -0.4 is 5.32 Å². The molecule has 0 bridgehead atoms. The maximum atomic E-state index is 12.0. The predicted molar refractivity (Wildman–Crippen MR) is 100 cm³/mol. The van der Waals surface area contributed by atoms with Crippen molar-refractivity contribution < 1.29 is 9.59 Å². The van der Waals surface area contributed by atoms with Gasteiger partial charge in [0.05, 0.1) is 11.4 Å². The van der Waals surface area contributed by atoms with Gasteiger partial charge in [-0.3, -0.25) is 9.59 Å². The average molecular weight is 368 g/mol. The zero-order valence-corrected chi connectivity index (χ0v) is 15.3. The number of nitrogens with one attached hydrogen (secondary N) is 1. The molecule has 1 amide bonds. The van der Waals surface area contributed by atoms with Crippen molar-refractivity contribution >= 4 is 23.0 Å². The number of Topliss-reactive ketones (excluding diaryl/α,β-unsaturated/α-hetero) is 1. The molecule has 3 aromatic rings. The standard InChI is InChI=1S/C19H20N4O2S/c1-14-2-8-18(26-14)17(24)7-9-19(25)21-10-15-3-5-16(6-4-15)11-23-13-20-12-22-23/h2-6,8,12-13H,7,9-11H2,1H3,(H,21,25).